The van der Waals surface area contributed by atoms with Gasteiger partial charge in [0, 0.05) is 18.7 Å². The highest BCUT2D eigenvalue weighted by Gasteiger charge is 2.38. The summed E-state index contributed by atoms with van der Waals surface area (Å²) in [4.78, 5) is 62.2. The molecule has 192 valence electrons. The molecule has 0 aliphatic carbocycles. The fraction of sp³-hybridized carbons (Fsp3) is 0.500. The van der Waals surface area contributed by atoms with E-state index in [-0.39, 0.29) is 37.3 Å². The number of hydrogen-bond acceptors (Lipinski definition) is 8. The van der Waals surface area contributed by atoms with Crippen molar-refractivity contribution in [2.45, 2.75) is 56.3 Å². The van der Waals surface area contributed by atoms with Crippen LogP contribution in [0.1, 0.15) is 31.2 Å². The van der Waals surface area contributed by atoms with Crippen LogP contribution in [0, 0.1) is 0 Å². The molecule has 4 amide bonds. The molecule has 1 saturated heterocycles. The number of likely N-dealkylation sites (tertiary alicyclic amines) is 1. The first-order valence-electron chi connectivity index (χ1n) is 11.1. The topological polar surface area (TPSA) is 205 Å². The van der Waals surface area contributed by atoms with Gasteiger partial charge in [-0.3, -0.25) is 19.2 Å². The highest BCUT2D eigenvalue weighted by atomic mass is 32.1. The Bertz CT molecular complexity index is 943. The van der Waals surface area contributed by atoms with Gasteiger partial charge in [0.15, 0.2) is 0 Å². The van der Waals surface area contributed by atoms with Crippen LogP contribution in [0.15, 0.2) is 24.3 Å². The van der Waals surface area contributed by atoms with E-state index < -0.39 is 53.8 Å². The highest BCUT2D eigenvalue weighted by molar-refractivity contribution is 7.80. The van der Waals surface area contributed by atoms with Crippen LogP contribution in [0.4, 0.5) is 0 Å². The summed E-state index contributed by atoms with van der Waals surface area (Å²) in [5, 5.41) is 23.6. The summed E-state index contributed by atoms with van der Waals surface area (Å²) in [6.45, 7) is 0.246. The molecule has 4 atom stereocenters. The molecule has 0 aromatic heterocycles. The lowest BCUT2D eigenvalue weighted by Gasteiger charge is -2.29. The number of phenolic OH excluding ortho intramolecular Hbond substituents is 1. The predicted octanol–water partition coefficient (Wildman–Crippen LogP) is -1.50. The van der Waals surface area contributed by atoms with Crippen LogP contribution in [0.3, 0.4) is 0 Å². The summed E-state index contributed by atoms with van der Waals surface area (Å²) in [6, 6.07) is 1.94. The number of carbonyl (C=O) groups excluding carboxylic acids is 4. The number of primary amides is 1. The van der Waals surface area contributed by atoms with Crippen molar-refractivity contribution < 1.29 is 34.2 Å². The zero-order valence-corrected chi connectivity index (χ0v) is 19.9. The van der Waals surface area contributed by atoms with E-state index in [1.807, 2.05) is 0 Å². The first-order chi connectivity index (χ1) is 16.5. The van der Waals surface area contributed by atoms with Crippen molar-refractivity contribution in [1.29, 1.82) is 0 Å². The number of nitrogens with one attached hydrogen (secondary N) is 2. The smallest absolute Gasteiger partial charge is 0.326 e. The summed E-state index contributed by atoms with van der Waals surface area (Å²) in [5.41, 5.74) is 11.8. The van der Waals surface area contributed by atoms with Crippen molar-refractivity contribution in [3.8, 4) is 5.75 Å². The van der Waals surface area contributed by atoms with Gasteiger partial charge in [-0.15, -0.1) is 0 Å². The van der Waals surface area contributed by atoms with Gasteiger partial charge >= 0.3 is 5.97 Å². The second-order valence-electron chi connectivity index (χ2n) is 8.31. The van der Waals surface area contributed by atoms with Gasteiger partial charge in [-0.25, -0.2) is 4.79 Å². The molecule has 12 nitrogen and oxygen atoms in total. The third-order valence-electron chi connectivity index (χ3n) is 5.66. The Balaban J connectivity index is 2.00. The van der Waals surface area contributed by atoms with Crippen LogP contribution >= 0.6 is 12.6 Å². The number of aromatic hydroxyl groups is 1. The molecule has 1 heterocycles. The minimum Gasteiger partial charge on any atom is -0.508 e. The maximum Gasteiger partial charge on any atom is 0.326 e. The van der Waals surface area contributed by atoms with Crippen molar-refractivity contribution in [2.75, 3.05) is 12.3 Å². The first-order valence-corrected chi connectivity index (χ1v) is 11.7. The van der Waals surface area contributed by atoms with Gasteiger partial charge in [0.1, 0.15) is 23.9 Å². The van der Waals surface area contributed by atoms with Crippen molar-refractivity contribution in [3.63, 3.8) is 0 Å². The quantitative estimate of drug-likeness (QED) is 0.165. The van der Waals surface area contributed by atoms with Crippen molar-refractivity contribution >= 4 is 42.2 Å². The third-order valence-corrected chi connectivity index (χ3v) is 6.02. The van der Waals surface area contributed by atoms with Crippen LogP contribution in [-0.2, 0) is 30.4 Å². The van der Waals surface area contributed by atoms with E-state index in [4.69, 9.17) is 11.5 Å². The van der Waals surface area contributed by atoms with E-state index in [1.165, 1.54) is 17.0 Å². The first kappa shape index (κ1) is 27.9. The van der Waals surface area contributed by atoms with Gasteiger partial charge in [0.05, 0.1) is 6.04 Å². The number of nitrogens with zero attached hydrogens (tertiary/aromatic N) is 1. The molecule has 0 saturated carbocycles. The number of rotatable bonds is 12. The lowest BCUT2D eigenvalue weighted by Crippen LogP contribution is -2.57. The van der Waals surface area contributed by atoms with Gasteiger partial charge < -0.3 is 37.2 Å². The van der Waals surface area contributed by atoms with Gasteiger partial charge in [0.2, 0.25) is 23.6 Å². The Kier molecular flexibility index (Phi) is 10.3. The van der Waals surface area contributed by atoms with E-state index in [0.29, 0.717) is 12.8 Å². The third kappa shape index (κ3) is 8.14. The second kappa shape index (κ2) is 13.0. The Morgan fingerprint density at radius 2 is 1.77 bits per heavy atom. The molecular weight excluding hydrogens is 478 g/mol. The number of amides is 4. The molecule has 1 aliphatic rings. The van der Waals surface area contributed by atoms with Crippen molar-refractivity contribution in [3.05, 3.63) is 29.8 Å². The van der Waals surface area contributed by atoms with Gasteiger partial charge in [-0.05, 0) is 43.4 Å². The number of thiol groups is 1. The molecule has 0 radical (unpaired) electrons. The molecule has 13 heteroatoms. The fourth-order valence-electron chi connectivity index (χ4n) is 3.76. The maximum atomic E-state index is 13.1. The van der Waals surface area contributed by atoms with Crippen molar-refractivity contribution in [2.24, 2.45) is 11.5 Å². The minimum atomic E-state index is -1.33. The normalized spacial score (nSPS) is 17.8. The Labute approximate surface area is 207 Å². The summed E-state index contributed by atoms with van der Waals surface area (Å²) >= 11 is 4.16. The average molecular weight is 510 g/mol. The molecule has 4 unspecified atom stereocenters. The van der Waals surface area contributed by atoms with Crippen LogP contribution in [0.25, 0.3) is 0 Å². The molecule has 8 N–H and O–H groups in total. The van der Waals surface area contributed by atoms with Gasteiger partial charge in [-0.2, -0.15) is 12.6 Å². The van der Waals surface area contributed by atoms with Crippen molar-refractivity contribution in [1.82, 2.24) is 15.5 Å². The predicted molar refractivity (Wildman–Crippen MR) is 128 cm³/mol. The molecule has 0 spiro atoms. The van der Waals surface area contributed by atoms with Gasteiger partial charge in [-0.1, -0.05) is 12.1 Å². The summed E-state index contributed by atoms with van der Waals surface area (Å²) < 4.78 is 0. The molecule has 1 aromatic carbocycles. The number of phenols is 1. The summed E-state index contributed by atoms with van der Waals surface area (Å²) in [5.74, 6) is -3.76. The average Bonchev–Trinajstić information content (AvgIpc) is 3.30. The van der Waals surface area contributed by atoms with Crippen LogP contribution < -0.4 is 22.1 Å². The zero-order chi connectivity index (χ0) is 26.1. The highest BCUT2D eigenvalue weighted by Crippen LogP contribution is 2.20. The molecule has 35 heavy (non-hydrogen) atoms. The Hall–Kier alpha value is -3.32. The maximum absolute atomic E-state index is 13.1. The molecule has 1 aliphatic heterocycles. The Morgan fingerprint density at radius 1 is 1.11 bits per heavy atom. The SMILES string of the molecule is NC(=O)CCC(NC(=O)C1CCCN1C(=O)C(CS)NC(=O)C(N)Cc1ccc(O)cc1)C(=O)O. The van der Waals surface area contributed by atoms with E-state index in [1.54, 1.807) is 12.1 Å². The lowest BCUT2D eigenvalue weighted by atomic mass is 10.1. The Morgan fingerprint density at radius 3 is 2.34 bits per heavy atom. The van der Waals surface area contributed by atoms with Crippen LogP contribution in [-0.4, -0.2) is 81.2 Å². The fourth-order valence-corrected chi connectivity index (χ4v) is 4.01. The largest absolute Gasteiger partial charge is 0.508 e. The second-order valence-corrected chi connectivity index (χ2v) is 8.68. The van der Waals surface area contributed by atoms with E-state index in [2.05, 4.69) is 23.3 Å². The van der Waals surface area contributed by atoms with E-state index >= 15 is 0 Å². The standard InChI is InChI=1S/C22H31N5O7S/c23-14(10-12-3-5-13(28)6-4-12)19(30)26-16(11-35)21(32)27-9-1-2-17(27)20(31)25-15(22(33)34)7-8-18(24)29/h3-6,14-17,28,35H,1-2,7-11,23H2,(H2,24,29)(H,25,31)(H,26,30)(H,33,34). The number of aliphatic carboxylic acids is 1. The number of carboxylic acids is 1. The van der Waals surface area contributed by atoms with Crippen LogP contribution in [0.5, 0.6) is 5.75 Å². The number of carbonyl (C=O) groups is 5. The monoisotopic (exact) mass is 509 g/mol. The molecule has 1 fully saturated rings. The molecule has 2 rings (SSSR count). The lowest BCUT2D eigenvalue weighted by molar-refractivity contribution is -0.145. The molecule has 0 bridgehead atoms. The summed E-state index contributed by atoms with van der Waals surface area (Å²) in [7, 11) is 0. The van der Waals surface area contributed by atoms with Crippen LogP contribution in [0.2, 0.25) is 0 Å². The zero-order valence-electron chi connectivity index (χ0n) is 19.1. The minimum absolute atomic E-state index is 0.0439. The number of carboxylic acid groups (broad SMARTS) is 1. The number of nitrogens with two attached hydrogens (primary N) is 2. The summed E-state index contributed by atoms with van der Waals surface area (Å²) in [6.07, 6.45) is 0.605. The van der Waals surface area contributed by atoms with E-state index in [0.717, 1.165) is 5.56 Å². The molecule has 1 aromatic rings. The molecular formula is C22H31N5O7S. The van der Waals surface area contributed by atoms with E-state index in [9.17, 15) is 34.2 Å². The number of benzene rings is 1. The number of hydrogen-bond donors (Lipinski definition) is 7. The van der Waals surface area contributed by atoms with Gasteiger partial charge in [0.25, 0.3) is 0 Å².